The molecule has 204 valence electrons. The van der Waals surface area contributed by atoms with Gasteiger partial charge < -0.3 is 19.7 Å². The van der Waals surface area contributed by atoms with Crippen molar-refractivity contribution in [2.45, 2.75) is 59.2 Å². The van der Waals surface area contributed by atoms with Crippen LogP contribution in [0.2, 0.25) is 0 Å². The molecule has 0 fully saturated rings. The number of sulfonamides is 1. The Morgan fingerprint density at radius 2 is 1.68 bits per heavy atom. The van der Waals surface area contributed by atoms with Gasteiger partial charge in [0.05, 0.1) is 26.2 Å². The van der Waals surface area contributed by atoms with Crippen molar-refractivity contribution in [3.8, 4) is 11.5 Å². The first-order valence-electron chi connectivity index (χ1n) is 12.3. The Labute approximate surface area is 220 Å². The zero-order valence-corrected chi connectivity index (χ0v) is 23.6. The molecule has 0 aliphatic carbocycles. The number of carbonyl (C=O) groups is 2. The number of nitrogens with zero attached hydrogens (tertiary/aromatic N) is 2. The second-order valence-electron chi connectivity index (χ2n) is 9.06. The predicted molar refractivity (Wildman–Crippen MR) is 145 cm³/mol. The van der Waals surface area contributed by atoms with Crippen molar-refractivity contribution in [3.63, 3.8) is 0 Å². The van der Waals surface area contributed by atoms with Gasteiger partial charge in [0, 0.05) is 18.7 Å². The third kappa shape index (κ3) is 8.11. The van der Waals surface area contributed by atoms with Crippen LogP contribution in [0.4, 0.5) is 5.69 Å². The lowest BCUT2D eigenvalue weighted by molar-refractivity contribution is -0.140. The Morgan fingerprint density at radius 1 is 1.00 bits per heavy atom. The lowest BCUT2D eigenvalue weighted by atomic mass is 10.1. The van der Waals surface area contributed by atoms with Gasteiger partial charge in [-0.15, -0.1) is 0 Å². The van der Waals surface area contributed by atoms with Crippen molar-refractivity contribution in [1.29, 1.82) is 0 Å². The van der Waals surface area contributed by atoms with Gasteiger partial charge in [0.1, 0.15) is 12.6 Å². The largest absolute Gasteiger partial charge is 0.493 e. The molecule has 0 saturated heterocycles. The molecule has 2 atom stereocenters. The molecule has 2 aromatic rings. The minimum absolute atomic E-state index is 0.0586. The summed E-state index contributed by atoms with van der Waals surface area (Å²) in [5.74, 6) is -0.000289. The highest BCUT2D eigenvalue weighted by Gasteiger charge is 2.32. The molecule has 0 heterocycles. The maximum Gasteiger partial charge on any atom is 0.244 e. The number of methoxy groups -OCH3 is 2. The number of carbonyl (C=O) groups excluding carboxylic acids is 2. The molecule has 1 N–H and O–H groups in total. The fourth-order valence-electron chi connectivity index (χ4n) is 3.96. The van der Waals surface area contributed by atoms with E-state index in [0.717, 1.165) is 28.1 Å². The number of aryl methyl sites for hydroxylation is 1. The summed E-state index contributed by atoms with van der Waals surface area (Å²) in [4.78, 5) is 28.4. The van der Waals surface area contributed by atoms with Crippen molar-refractivity contribution in [2.75, 3.05) is 31.3 Å². The van der Waals surface area contributed by atoms with Crippen molar-refractivity contribution in [3.05, 3.63) is 53.6 Å². The quantitative estimate of drug-likeness (QED) is 0.423. The van der Waals surface area contributed by atoms with Crippen LogP contribution in [-0.2, 0) is 26.2 Å². The van der Waals surface area contributed by atoms with Gasteiger partial charge in [-0.05, 0) is 44.4 Å². The lowest BCUT2D eigenvalue weighted by Crippen LogP contribution is -2.53. The Balaban J connectivity index is 2.49. The van der Waals surface area contributed by atoms with Crippen LogP contribution in [0, 0.1) is 6.92 Å². The summed E-state index contributed by atoms with van der Waals surface area (Å²) in [5, 5.41) is 2.96. The van der Waals surface area contributed by atoms with Crippen molar-refractivity contribution >= 4 is 27.5 Å². The number of amides is 2. The molecule has 0 radical (unpaired) electrons. The van der Waals surface area contributed by atoms with E-state index >= 15 is 0 Å². The average molecular weight is 534 g/mol. The third-order valence-electron chi connectivity index (χ3n) is 6.16. The highest BCUT2D eigenvalue weighted by Crippen LogP contribution is 2.32. The summed E-state index contributed by atoms with van der Waals surface area (Å²) in [6.45, 7) is 7.34. The van der Waals surface area contributed by atoms with Gasteiger partial charge in [0.2, 0.25) is 21.8 Å². The van der Waals surface area contributed by atoms with Gasteiger partial charge in [0.15, 0.2) is 11.5 Å². The monoisotopic (exact) mass is 533 g/mol. The summed E-state index contributed by atoms with van der Waals surface area (Å²) in [5.41, 5.74) is 2.12. The van der Waals surface area contributed by atoms with Crippen molar-refractivity contribution < 1.29 is 27.5 Å². The minimum Gasteiger partial charge on any atom is -0.493 e. The van der Waals surface area contributed by atoms with E-state index in [1.54, 1.807) is 12.1 Å². The Morgan fingerprint density at radius 3 is 2.22 bits per heavy atom. The van der Waals surface area contributed by atoms with Gasteiger partial charge in [-0.2, -0.15) is 0 Å². The summed E-state index contributed by atoms with van der Waals surface area (Å²) >= 11 is 0. The van der Waals surface area contributed by atoms with Gasteiger partial charge in [-0.3, -0.25) is 13.9 Å². The maximum absolute atomic E-state index is 13.8. The van der Waals surface area contributed by atoms with E-state index in [-0.39, 0.29) is 24.2 Å². The van der Waals surface area contributed by atoms with E-state index in [4.69, 9.17) is 9.47 Å². The Bertz CT molecular complexity index is 1180. The third-order valence-corrected chi connectivity index (χ3v) is 7.30. The molecule has 0 saturated carbocycles. The van der Waals surface area contributed by atoms with Crippen LogP contribution in [0.5, 0.6) is 11.5 Å². The Hall–Kier alpha value is -3.27. The van der Waals surface area contributed by atoms with E-state index in [0.29, 0.717) is 17.9 Å². The SMILES string of the molecule is CC[C@@H](C)NC(=O)[C@@H](CC)N(Cc1cccc(C)c1)C(=O)CN(c1ccc(OC)c(OC)c1)S(C)(=O)=O. The first kappa shape index (κ1) is 30.0. The highest BCUT2D eigenvalue weighted by molar-refractivity contribution is 7.92. The van der Waals surface area contributed by atoms with Gasteiger partial charge in [0.25, 0.3) is 0 Å². The van der Waals surface area contributed by atoms with E-state index in [2.05, 4.69) is 5.32 Å². The molecule has 2 aromatic carbocycles. The van der Waals surface area contributed by atoms with Crippen molar-refractivity contribution in [2.24, 2.45) is 0 Å². The topological polar surface area (TPSA) is 105 Å². The fraction of sp³-hybridized carbons (Fsp3) is 0.481. The van der Waals surface area contributed by atoms with E-state index < -0.39 is 28.5 Å². The summed E-state index contributed by atoms with van der Waals surface area (Å²) in [6, 6.07) is 11.5. The van der Waals surface area contributed by atoms with Crippen LogP contribution < -0.4 is 19.1 Å². The maximum atomic E-state index is 13.8. The Kier molecular flexibility index (Phi) is 10.8. The van der Waals surface area contributed by atoms with E-state index in [9.17, 15) is 18.0 Å². The molecule has 0 spiro atoms. The van der Waals surface area contributed by atoms with E-state index in [1.807, 2.05) is 52.0 Å². The van der Waals surface area contributed by atoms with Crippen LogP contribution >= 0.6 is 0 Å². The summed E-state index contributed by atoms with van der Waals surface area (Å²) < 4.78 is 37.2. The number of hydrogen-bond acceptors (Lipinski definition) is 6. The molecule has 37 heavy (non-hydrogen) atoms. The van der Waals surface area contributed by atoms with Crippen LogP contribution in [0.1, 0.15) is 44.7 Å². The normalized spacial score (nSPS) is 12.8. The number of nitrogens with one attached hydrogen (secondary N) is 1. The van der Waals surface area contributed by atoms with Crippen molar-refractivity contribution in [1.82, 2.24) is 10.2 Å². The lowest BCUT2D eigenvalue weighted by Gasteiger charge is -2.33. The first-order chi connectivity index (χ1) is 17.4. The van der Waals surface area contributed by atoms with Crippen LogP contribution in [-0.4, -0.2) is 64.2 Å². The van der Waals surface area contributed by atoms with Gasteiger partial charge in [-0.25, -0.2) is 8.42 Å². The molecule has 0 aliphatic heterocycles. The zero-order chi connectivity index (χ0) is 27.8. The molecule has 0 aliphatic rings. The number of benzene rings is 2. The molecule has 0 bridgehead atoms. The molecule has 9 nitrogen and oxygen atoms in total. The summed E-state index contributed by atoms with van der Waals surface area (Å²) in [7, 11) is -0.930. The number of hydrogen-bond donors (Lipinski definition) is 1. The van der Waals surface area contributed by atoms with E-state index in [1.165, 1.54) is 25.2 Å². The highest BCUT2D eigenvalue weighted by atomic mass is 32.2. The number of ether oxygens (including phenoxy) is 2. The molecule has 2 rings (SSSR count). The second-order valence-corrected chi connectivity index (χ2v) is 11.0. The molecular weight excluding hydrogens is 494 g/mol. The molecular formula is C27H39N3O6S. The number of anilines is 1. The predicted octanol–water partition coefficient (Wildman–Crippen LogP) is 3.50. The van der Waals surface area contributed by atoms with Crippen LogP contribution in [0.15, 0.2) is 42.5 Å². The first-order valence-corrected chi connectivity index (χ1v) is 14.1. The number of rotatable bonds is 13. The van der Waals surface area contributed by atoms with Gasteiger partial charge >= 0.3 is 0 Å². The second kappa shape index (κ2) is 13.3. The van der Waals surface area contributed by atoms with Crippen LogP contribution in [0.3, 0.4) is 0 Å². The smallest absolute Gasteiger partial charge is 0.244 e. The van der Waals surface area contributed by atoms with Gasteiger partial charge in [-0.1, -0.05) is 43.7 Å². The minimum atomic E-state index is -3.86. The molecule has 0 unspecified atom stereocenters. The standard InChI is InChI=1S/C27H39N3O6S/c1-8-20(4)28-27(32)23(9-2)29(17-21-12-10-11-19(3)15-21)26(31)18-30(37(7,33)34)22-13-14-24(35-5)25(16-22)36-6/h10-16,20,23H,8-9,17-18H2,1-7H3,(H,28,32)/t20-,23-/m1/s1. The fourth-order valence-corrected chi connectivity index (χ4v) is 4.80. The zero-order valence-electron chi connectivity index (χ0n) is 22.8. The van der Waals surface area contributed by atoms with Crippen LogP contribution in [0.25, 0.3) is 0 Å². The molecule has 0 aromatic heterocycles. The molecule has 10 heteroatoms. The average Bonchev–Trinajstić information content (AvgIpc) is 2.85. The molecule has 2 amide bonds. The summed E-state index contributed by atoms with van der Waals surface area (Å²) in [6.07, 6.45) is 2.15.